The van der Waals surface area contributed by atoms with Crippen LogP contribution in [0.15, 0.2) is 30.3 Å². The smallest absolute Gasteiger partial charge is 0.338 e. The minimum Gasteiger partial charge on any atom is -0.493 e. The Hall–Kier alpha value is -3.88. The summed E-state index contributed by atoms with van der Waals surface area (Å²) >= 11 is 0. The van der Waals surface area contributed by atoms with Crippen molar-refractivity contribution in [3.63, 3.8) is 0 Å². The van der Waals surface area contributed by atoms with Crippen LogP contribution in [-0.4, -0.2) is 94.5 Å². The molecule has 0 aromatic heterocycles. The van der Waals surface area contributed by atoms with Gasteiger partial charge in [0.05, 0.1) is 44.1 Å². The minimum absolute atomic E-state index is 0.0595. The van der Waals surface area contributed by atoms with E-state index in [1.807, 2.05) is 0 Å². The van der Waals surface area contributed by atoms with Gasteiger partial charge in [-0.15, -0.1) is 0 Å². The zero-order valence-electron chi connectivity index (χ0n) is 24.2. The number of nitrogens with zero attached hydrogens (tertiary/aromatic N) is 3. The van der Waals surface area contributed by atoms with E-state index in [0.717, 1.165) is 58.2 Å². The average molecular weight is 584 g/mol. The zero-order valence-corrected chi connectivity index (χ0v) is 24.2. The van der Waals surface area contributed by atoms with Crippen LogP contribution in [0, 0.1) is 17.1 Å². The molecular weight excluding hydrogens is 545 g/mol. The molecule has 1 saturated heterocycles. The van der Waals surface area contributed by atoms with Gasteiger partial charge < -0.3 is 33.5 Å². The second kappa shape index (κ2) is 15.4. The van der Waals surface area contributed by atoms with Gasteiger partial charge in [-0.2, -0.15) is 5.26 Å². The van der Waals surface area contributed by atoms with Gasteiger partial charge >= 0.3 is 11.9 Å². The second-order valence-corrected chi connectivity index (χ2v) is 10.3. The Morgan fingerprint density at radius 1 is 0.929 bits per heavy atom. The van der Waals surface area contributed by atoms with Crippen LogP contribution >= 0.6 is 0 Å². The largest absolute Gasteiger partial charge is 0.493 e. The van der Waals surface area contributed by atoms with Gasteiger partial charge in [0, 0.05) is 26.2 Å². The molecule has 0 saturated carbocycles. The van der Waals surface area contributed by atoms with Crippen LogP contribution in [0.2, 0.25) is 0 Å². The van der Waals surface area contributed by atoms with Crippen molar-refractivity contribution in [2.45, 2.75) is 38.2 Å². The van der Waals surface area contributed by atoms with E-state index >= 15 is 0 Å². The molecule has 2 aliphatic rings. The number of carbonyl (C=O) groups is 2. The lowest BCUT2D eigenvalue weighted by molar-refractivity contribution is 0.0221. The summed E-state index contributed by atoms with van der Waals surface area (Å²) in [7, 11) is 2.98. The van der Waals surface area contributed by atoms with E-state index in [2.05, 4.69) is 9.80 Å². The lowest BCUT2D eigenvalue weighted by Crippen LogP contribution is -2.34. The van der Waals surface area contributed by atoms with Crippen molar-refractivity contribution >= 4 is 11.9 Å². The average Bonchev–Trinajstić information content (AvgIpc) is 3.23. The summed E-state index contributed by atoms with van der Waals surface area (Å²) in [5.74, 6) is -0.809. The summed E-state index contributed by atoms with van der Waals surface area (Å²) in [5.41, 5.74) is 0.229. The van der Waals surface area contributed by atoms with E-state index in [4.69, 9.17) is 28.9 Å². The van der Waals surface area contributed by atoms with Gasteiger partial charge in [0.1, 0.15) is 18.0 Å². The molecule has 4 rings (SSSR count). The molecular formula is C31H38FN3O7. The maximum absolute atomic E-state index is 14.2. The second-order valence-electron chi connectivity index (χ2n) is 10.3. The molecule has 4 bridgehead atoms. The molecule has 3 atom stereocenters. The quantitative estimate of drug-likeness (QED) is 0.489. The van der Waals surface area contributed by atoms with Crippen molar-refractivity contribution in [3.05, 3.63) is 52.8 Å². The normalized spacial score (nSPS) is 22.1. The number of hydrogen-bond donors (Lipinski definition) is 0. The third-order valence-electron chi connectivity index (χ3n) is 7.51. The van der Waals surface area contributed by atoms with Crippen molar-refractivity contribution in [3.8, 4) is 23.3 Å². The third-order valence-corrected chi connectivity index (χ3v) is 7.51. The number of ether oxygens (including phenoxy) is 5. The Bertz CT molecular complexity index is 1280. The first-order valence-electron chi connectivity index (χ1n) is 14.3. The standard InChI is InChI=1S/C31H38FN3O7/c1-38-27-19-24-20-28(29(27)39-2)40-16-3-6-25(42-31(37)22-7-8-23(21-33)26(32)18-22)9-13-35-11-4-10-34(14-15-35)12-5-17-41-30(24)36/h7-8,18-20,25H,3-6,9-17H2,1-2H3. The van der Waals surface area contributed by atoms with Crippen LogP contribution in [0.5, 0.6) is 17.2 Å². The first-order valence-corrected chi connectivity index (χ1v) is 14.3. The number of fused-ring (bicyclic) bond motifs is 5. The van der Waals surface area contributed by atoms with Crippen LogP contribution in [0.1, 0.15) is 58.4 Å². The summed E-state index contributed by atoms with van der Waals surface area (Å²) < 4.78 is 42.5. The van der Waals surface area contributed by atoms with E-state index in [1.165, 1.54) is 26.4 Å². The van der Waals surface area contributed by atoms with Crippen LogP contribution in [0.3, 0.4) is 0 Å². The van der Waals surface area contributed by atoms with Crippen LogP contribution in [0.25, 0.3) is 0 Å². The molecule has 0 radical (unpaired) electrons. The molecule has 11 heteroatoms. The summed E-state index contributed by atoms with van der Waals surface area (Å²) in [6, 6.07) is 8.63. The predicted octanol–water partition coefficient (Wildman–Crippen LogP) is 4.06. The number of methoxy groups -OCH3 is 2. The molecule has 10 nitrogen and oxygen atoms in total. The number of benzene rings is 2. The molecule has 3 unspecified atom stereocenters. The Morgan fingerprint density at radius 3 is 2.38 bits per heavy atom. The minimum atomic E-state index is -0.759. The molecule has 0 spiro atoms. The van der Waals surface area contributed by atoms with Gasteiger partial charge in [-0.1, -0.05) is 0 Å². The fraction of sp³-hybridized carbons (Fsp3) is 0.516. The lowest BCUT2D eigenvalue weighted by Gasteiger charge is -2.24. The van der Waals surface area contributed by atoms with E-state index in [1.54, 1.807) is 18.2 Å². The highest BCUT2D eigenvalue weighted by atomic mass is 19.1. The van der Waals surface area contributed by atoms with E-state index < -0.39 is 23.9 Å². The monoisotopic (exact) mass is 583 g/mol. The lowest BCUT2D eigenvalue weighted by atomic mass is 10.1. The molecule has 42 heavy (non-hydrogen) atoms. The van der Waals surface area contributed by atoms with Gasteiger partial charge in [-0.05, 0) is 75.5 Å². The van der Waals surface area contributed by atoms with Crippen LogP contribution in [0.4, 0.5) is 4.39 Å². The highest BCUT2D eigenvalue weighted by molar-refractivity contribution is 5.91. The molecule has 2 heterocycles. The number of rotatable bonds is 4. The van der Waals surface area contributed by atoms with Gasteiger partial charge in [-0.3, -0.25) is 0 Å². The highest BCUT2D eigenvalue weighted by Gasteiger charge is 2.22. The molecule has 226 valence electrons. The number of halogens is 1. The highest BCUT2D eigenvalue weighted by Crippen LogP contribution is 2.39. The van der Waals surface area contributed by atoms with Crippen molar-refractivity contribution < 1.29 is 37.7 Å². The first-order chi connectivity index (χ1) is 20.4. The van der Waals surface area contributed by atoms with Crippen molar-refractivity contribution in [1.82, 2.24) is 9.80 Å². The van der Waals surface area contributed by atoms with E-state index in [9.17, 15) is 14.0 Å². The molecule has 2 aromatic carbocycles. The molecule has 1 fully saturated rings. The topological polar surface area (TPSA) is 111 Å². The summed E-state index contributed by atoms with van der Waals surface area (Å²) in [5, 5.41) is 9.00. The maximum atomic E-state index is 14.2. The fourth-order valence-corrected chi connectivity index (χ4v) is 5.20. The van der Waals surface area contributed by atoms with Gasteiger partial charge in [0.2, 0.25) is 5.75 Å². The van der Waals surface area contributed by atoms with Crippen molar-refractivity contribution in [2.75, 3.05) is 66.7 Å². The number of carbonyl (C=O) groups excluding carboxylic acids is 2. The first kappa shape index (κ1) is 31.1. The summed E-state index contributed by atoms with van der Waals surface area (Å²) in [6.45, 7) is 5.82. The summed E-state index contributed by atoms with van der Waals surface area (Å²) in [6.07, 6.45) is 2.95. The fourth-order valence-electron chi connectivity index (χ4n) is 5.20. The molecule has 0 aliphatic carbocycles. The zero-order chi connectivity index (χ0) is 29.9. The third kappa shape index (κ3) is 8.33. The molecule has 0 amide bonds. The summed E-state index contributed by atoms with van der Waals surface area (Å²) in [4.78, 5) is 30.5. The number of cyclic esters (lactones) is 1. The maximum Gasteiger partial charge on any atom is 0.338 e. The van der Waals surface area contributed by atoms with E-state index in [-0.39, 0.29) is 17.7 Å². The van der Waals surface area contributed by atoms with Crippen LogP contribution < -0.4 is 14.2 Å². The molecule has 2 aromatic rings. The Kier molecular flexibility index (Phi) is 11.4. The number of nitriles is 1. The predicted molar refractivity (Wildman–Crippen MR) is 152 cm³/mol. The Balaban J connectivity index is 1.52. The van der Waals surface area contributed by atoms with E-state index in [0.29, 0.717) is 48.7 Å². The number of hydrogen-bond acceptors (Lipinski definition) is 10. The SMILES string of the molecule is COc1cc2cc(c1OC)OCCCC(OC(=O)c1ccc(C#N)c(F)c1)CCN1CCCN(CCCOC2=O)CC1. The molecule has 2 aliphatic heterocycles. The van der Waals surface area contributed by atoms with Gasteiger partial charge in [0.15, 0.2) is 11.5 Å². The molecule has 0 N–H and O–H groups in total. The van der Waals surface area contributed by atoms with Gasteiger partial charge in [-0.25, -0.2) is 14.0 Å². The van der Waals surface area contributed by atoms with Crippen molar-refractivity contribution in [1.29, 1.82) is 5.26 Å². The van der Waals surface area contributed by atoms with Crippen LogP contribution in [-0.2, 0) is 9.47 Å². The van der Waals surface area contributed by atoms with Gasteiger partial charge in [0.25, 0.3) is 0 Å². The van der Waals surface area contributed by atoms with Crippen molar-refractivity contribution in [2.24, 2.45) is 0 Å². The Labute approximate surface area is 245 Å². The Morgan fingerprint density at radius 2 is 1.67 bits per heavy atom. The number of esters is 2.